The molecule has 12 nitrogen and oxygen atoms in total. The number of carbonyl (C=O) groups excluding carboxylic acids is 3. The second-order valence-corrected chi connectivity index (χ2v) is 15.2. The van der Waals surface area contributed by atoms with Crippen LogP contribution in [0.1, 0.15) is 86.0 Å². The predicted molar refractivity (Wildman–Crippen MR) is 196 cm³/mol. The van der Waals surface area contributed by atoms with Crippen LogP contribution in [0.2, 0.25) is 0 Å². The molecule has 3 unspecified atom stereocenters. The van der Waals surface area contributed by atoms with Crippen molar-refractivity contribution in [2.75, 3.05) is 44.4 Å². The molecule has 0 spiro atoms. The lowest BCUT2D eigenvalue weighted by Crippen LogP contribution is -2.59. The fourth-order valence-electron chi connectivity index (χ4n) is 7.37. The van der Waals surface area contributed by atoms with Gasteiger partial charge in [-0.05, 0) is 95.8 Å². The first-order valence-corrected chi connectivity index (χ1v) is 17.8. The molecular formula is C36H57ClN8O4. The van der Waals surface area contributed by atoms with Crippen molar-refractivity contribution < 1.29 is 19.1 Å². The Labute approximate surface area is 297 Å². The van der Waals surface area contributed by atoms with E-state index in [0.717, 1.165) is 35.5 Å². The summed E-state index contributed by atoms with van der Waals surface area (Å²) in [6.45, 7) is 12.7. The molecule has 2 saturated heterocycles. The van der Waals surface area contributed by atoms with Crippen LogP contribution in [0.3, 0.4) is 0 Å². The summed E-state index contributed by atoms with van der Waals surface area (Å²) in [5.74, 6) is 1.25. The number of nitrogens with one attached hydrogen (secondary N) is 4. The van der Waals surface area contributed by atoms with E-state index in [-0.39, 0.29) is 30.1 Å². The molecule has 3 atom stereocenters. The van der Waals surface area contributed by atoms with Gasteiger partial charge >= 0.3 is 0 Å². The van der Waals surface area contributed by atoms with Crippen molar-refractivity contribution in [3.63, 3.8) is 0 Å². The molecule has 5 rings (SSSR count). The van der Waals surface area contributed by atoms with Crippen LogP contribution in [0.25, 0.3) is 10.9 Å². The minimum absolute atomic E-state index is 0. The average Bonchev–Trinajstić information content (AvgIpc) is 3.57. The van der Waals surface area contributed by atoms with Gasteiger partial charge in [0.25, 0.3) is 0 Å². The Morgan fingerprint density at radius 3 is 2.31 bits per heavy atom. The van der Waals surface area contributed by atoms with E-state index < -0.39 is 23.5 Å². The summed E-state index contributed by atoms with van der Waals surface area (Å²) in [5.41, 5.74) is 0.662. The quantitative estimate of drug-likeness (QED) is 0.280. The number of hydrogen-bond donors (Lipinski definition) is 4. The van der Waals surface area contributed by atoms with Crippen LogP contribution >= 0.6 is 12.4 Å². The number of ether oxygens (including phenoxy) is 1. The number of benzene rings is 1. The molecule has 4 N–H and O–H groups in total. The van der Waals surface area contributed by atoms with Crippen LogP contribution in [0, 0.1) is 11.3 Å². The first-order valence-electron chi connectivity index (χ1n) is 17.8. The average molecular weight is 701 g/mol. The molecule has 1 aliphatic carbocycles. The lowest BCUT2D eigenvalue weighted by molar-refractivity contribution is -0.143. The highest BCUT2D eigenvalue weighted by atomic mass is 35.5. The Morgan fingerprint density at radius 2 is 1.67 bits per heavy atom. The van der Waals surface area contributed by atoms with E-state index in [1.807, 2.05) is 32.9 Å². The molecule has 272 valence electrons. The number of piperidine rings is 1. The monoisotopic (exact) mass is 700 g/mol. The van der Waals surface area contributed by atoms with Crippen LogP contribution in [0.5, 0.6) is 5.75 Å². The number of carbonyl (C=O) groups is 3. The summed E-state index contributed by atoms with van der Waals surface area (Å²) in [6, 6.07) is 2.75. The van der Waals surface area contributed by atoms with Crippen LogP contribution in [-0.4, -0.2) is 101 Å². The van der Waals surface area contributed by atoms with Gasteiger partial charge in [-0.25, -0.2) is 9.97 Å². The largest absolute Gasteiger partial charge is 0.494 e. The highest BCUT2D eigenvalue weighted by molar-refractivity contribution is 6.03. The maximum atomic E-state index is 13.9. The minimum Gasteiger partial charge on any atom is -0.494 e. The van der Waals surface area contributed by atoms with E-state index in [1.54, 1.807) is 32.3 Å². The number of halogens is 1. The Hall–Kier alpha value is -3.22. The summed E-state index contributed by atoms with van der Waals surface area (Å²) < 4.78 is 5.68. The van der Waals surface area contributed by atoms with Gasteiger partial charge in [0.15, 0.2) is 0 Å². The Bertz CT molecular complexity index is 1450. The third kappa shape index (κ3) is 9.12. The summed E-state index contributed by atoms with van der Waals surface area (Å²) in [6.07, 6.45) is 9.90. The Morgan fingerprint density at radius 1 is 0.980 bits per heavy atom. The molecule has 2 aromatic rings. The number of amides is 3. The molecular weight excluding hydrogens is 644 g/mol. The maximum absolute atomic E-state index is 13.9. The maximum Gasteiger partial charge on any atom is 0.247 e. The number of nitrogens with zero attached hydrogens (tertiary/aromatic N) is 4. The third-order valence-corrected chi connectivity index (χ3v) is 10.7. The number of aromatic nitrogens is 2. The fourth-order valence-corrected chi connectivity index (χ4v) is 7.37. The molecule has 1 aromatic carbocycles. The fraction of sp³-hybridized carbons (Fsp3) is 0.694. The zero-order valence-electron chi connectivity index (χ0n) is 30.3. The molecule has 3 aliphatic rings. The molecule has 3 amide bonds. The van der Waals surface area contributed by atoms with Crippen LogP contribution in [0.4, 0.5) is 11.5 Å². The first-order chi connectivity index (χ1) is 22.9. The van der Waals surface area contributed by atoms with Crippen LogP contribution in [0.15, 0.2) is 18.5 Å². The number of likely N-dealkylation sites (tertiary alicyclic amines) is 2. The van der Waals surface area contributed by atoms with E-state index >= 15 is 0 Å². The van der Waals surface area contributed by atoms with E-state index in [0.29, 0.717) is 42.9 Å². The van der Waals surface area contributed by atoms with E-state index in [1.165, 1.54) is 38.8 Å². The number of methoxy groups -OCH3 is 1. The molecule has 2 aliphatic heterocycles. The standard InChI is InChI=1S/C36H56N8O4.ClH/c1-22-14-17-43(18-15-22)25-12-10-24(11-13-25)40-32-26-19-28(30(48-7)20-27(26)38-21-39-32)41-34(46)29-9-8-16-44(29)35(47)31(36(3,4)5)42-33(45)23(2)37-6;/h19-25,29,31,37H,8-18H2,1-7H3,(H,41,46)(H,42,45)(H,38,39,40);1H. The SMILES string of the molecule is CNC(C)C(=O)NC(C(=O)N1CCCC1C(=O)Nc1cc2c(NC3CCC(N4CCC(C)CC4)CC3)ncnc2cc1OC)C(C)(C)C.Cl. The first kappa shape index (κ1) is 38.6. The van der Waals surface area contributed by atoms with Crippen molar-refractivity contribution in [2.24, 2.45) is 11.3 Å². The van der Waals surface area contributed by atoms with Crippen LogP contribution in [-0.2, 0) is 14.4 Å². The normalized spacial score (nSPS) is 23.3. The zero-order valence-corrected chi connectivity index (χ0v) is 31.1. The number of likely N-dealkylation sites (N-methyl/N-ethyl adjacent to an activating group) is 1. The van der Waals surface area contributed by atoms with Gasteiger partial charge in [0.1, 0.15) is 30.0 Å². The van der Waals surface area contributed by atoms with Crippen molar-refractivity contribution in [1.29, 1.82) is 0 Å². The minimum atomic E-state index is -0.784. The molecule has 0 bridgehead atoms. The van der Waals surface area contributed by atoms with Gasteiger partial charge in [0, 0.05) is 30.1 Å². The number of hydrogen-bond acceptors (Lipinski definition) is 9. The number of anilines is 2. The van der Waals surface area contributed by atoms with Gasteiger partial charge in [-0.3, -0.25) is 14.4 Å². The summed E-state index contributed by atoms with van der Waals surface area (Å²) >= 11 is 0. The summed E-state index contributed by atoms with van der Waals surface area (Å²) in [5, 5.41) is 13.4. The Kier molecular flexibility index (Phi) is 13.1. The van der Waals surface area contributed by atoms with Crippen LogP contribution < -0.4 is 26.0 Å². The lowest BCUT2D eigenvalue weighted by Gasteiger charge is -2.40. The van der Waals surface area contributed by atoms with Crippen molar-refractivity contribution in [2.45, 2.75) is 116 Å². The highest BCUT2D eigenvalue weighted by Gasteiger charge is 2.42. The topological polar surface area (TPSA) is 141 Å². The molecule has 1 saturated carbocycles. The van der Waals surface area contributed by atoms with Gasteiger partial charge in [-0.2, -0.15) is 0 Å². The predicted octanol–water partition coefficient (Wildman–Crippen LogP) is 4.58. The van der Waals surface area contributed by atoms with E-state index in [2.05, 4.69) is 43.1 Å². The molecule has 3 heterocycles. The van der Waals surface area contributed by atoms with E-state index in [4.69, 9.17) is 4.74 Å². The zero-order chi connectivity index (χ0) is 34.6. The Balaban J connectivity index is 0.00000541. The number of fused-ring (bicyclic) bond motifs is 1. The molecule has 1 aromatic heterocycles. The van der Waals surface area contributed by atoms with E-state index in [9.17, 15) is 14.4 Å². The van der Waals surface area contributed by atoms with Gasteiger partial charge in [-0.15, -0.1) is 12.4 Å². The lowest BCUT2D eigenvalue weighted by atomic mass is 9.85. The summed E-state index contributed by atoms with van der Waals surface area (Å²) in [7, 11) is 3.26. The number of rotatable bonds is 10. The highest BCUT2D eigenvalue weighted by Crippen LogP contribution is 2.35. The summed E-state index contributed by atoms with van der Waals surface area (Å²) in [4.78, 5) is 54.0. The van der Waals surface area contributed by atoms with Gasteiger partial charge < -0.3 is 35.8 Å². The molecule has 49 heavy (non-hydrogen) atoms. The molecule has 13 heteroatoms. The molecule has 0 radical (unpaired) electrons. The van der Waals surface area contributed by atoms with Crippen molar-refractivity contribution in [3.05, 3.63) is 18.5 Å². The van der Waals surface area contributed by atoms with Crippen molar-refractivity contribution in [1.82, 2.24) is 30.4 Å². The van der Waals surface area contributed by atoms with Crippen molar-refractivity contribution >= 4 is 52.5 Å². The molecule has 3 fully saturated rings. The van der Waals surface area contributed by atoms with Gasteiger partial charge in [0.05, 0.1) is 24.4 Å². The van der Waals surface area contributed by atoms with Gasteiger partial charge in [0.2, 0.25) is 17.7 Å². The van der Waals surface area contributed by atoms with Gasteiger partial charge in [-0.1, -0.05) is 27.7 Å². The smallest absolute Gasteiger partial charge is 0.247 e. The second-order valence-electron chi connectivity index (χ2n) is 15.2. The second kappa shape index (κ2) is 16.7. The third-order valence-electron chi connectivity index (χ3n) is 10.7. The van der Waals surface area contributed by atoms with Crippen molar-refractivity contribution in [3.8, 4) is 5.75 Å².